The first-order valence-electron chi connectivity index (χ1n) is 11.9. The highest BCUT2D eigenvalue weighted by Crippen LogP contribution is 2.30. The third-order valence-corrected chi connectivity index (χ3v) is 7.66. The lowest BCUT2D eigenvalue weighted by Gasteiger charge is -2.26. The summed E-state index contributed by atoms with van der Waals surface area (Å²) in [6, 6.07) is 10.5. The van der Waals surface area contributed by atoms with Crippen LogP contribution in [0, 0.1) is 12.7 Å². The third kappa shape index (κ3) is 5.41. The number of nitrogens with zero attached hydrogens (tertiary/aromatic N) is 5. The fourth-order valence-corrected chi connectivity index (χ4v) is 5.49. The van der Waals surface area contributed by atoms with E-state index in [4.69, 9.17) is 4.74 Å². The maximum Gasteiger partial charge on any atom is 0.264 e. The summed E-state index contributed by atoms with van der Waals surface area (Å²) in [7, 11) is -2.26. The molecule has 1 fully saturated rings. The summed E-state index contributed by atoms with van der Waals surface area (Å²) < 4.78 is 49.0. The molecule has 0 amide bonds. The first-order chi connectivity index (χ1) is 17.8. The van der Waals surface area contributed by atoms with Gasteiger partial charge in [-0.1, -0.05) is 18.2 Å². The van der Waals surface area contributed by atoms with E-state index in [9.17, 15) is 12.8 Å². The Labute approximate surface area is 214 Å². The summed E-state index contributed by atoms with van der Waals surface area (Å²) in [4.78, 5) is 11.0. The Morgan fingerprint density at radius 1 is 1.14 bits per heavy atom. The van der Waals surface area contributed by atoms with Crippen LogP contribution in [0.2, 0.25) is 0 Å². The number of fused-ring (bicyclic) bond motifs is 1. The van der Waals surface area contributed by atoms with Crippen LogP contribution in [0.15, 0.2) is 53.6 Å². The van der Waals surface area contributed by atoms with Gasteiger partial charge in [-0.15, -0.1) is 0 Å². The molecule has 0 unspecified atom stereocenters. The number of rotatable bonds is 8. The minimum Gasteiger partial charge on any atom is -0.379 e. The van der Waals surface area contributed by atoms with Crippen LogP contribution >= 0.6 is 0 Å². The first-order valence-corrected chi connectivity index (χ1v) is 13.4. The number of sulfonamides is 1. The molecular weight excluding hydrogens is 497 g/mol. The second-order valence-corrected chi connectivity index (χ2v) is 10.5. The Morgan fingerprint density at radius 2 is 1.92 bits per heavy atom. The molecule has 0 radical (unpaired) electrons. The van der Waals surface area contributed by atoms with Gasteiger partial charge in [0, 0.05) is 45.0 Å². The van der Waals surface area contributed by atoms with Gasteiger partial charge in [0.15, 0.2) is 5.65 Å². The van der Waals surface area contributed by atoms with Gasteiger partial charge in [-0.2, -0.15) is 10.1 Å². The largest absolute Gasteiger partial charge is 0.379 e. The summed E-state index contributed by atoms with van der Waals surface area (Å²) >= 11 is 0. The molecule has 12 heteroatoms. The van der Waals surface area contributed by atoms with Gasteiger partial charge in [-0.05, 0) is 36.8 Å². The van der Waals surface area contributed by atoms with E-state index in [0.29, 0.717) is 28.5 Å². The van der Waals surface area contributed by atoms with Gasteiger partial charge in [0.05, 0.1) is 24.3 Å². The lowest BCUT2D eigenvalue weighted by atomic mass is 10.1. The number of ether oxygens (including phenoxy) is 1. The Bertz CT molecular complexity index is 1530. The highest BCUT2D eigenvalue weighted by molar-refractivity contribution is 7.92. The van der Waals surface area contributed by atoms with Gasteiger partial charge < -0.3 is 10.1 Å². The van der Waals surface area contributed by atoms with Crippen LogP contribution in [0.4, 0.5) is 16.0 Å². The minimum atomic E-state index is -4.08. The Hall–Kier alpha value is -3.61. The highest BCUT2D eigenvalue weighted by atomic mass is 32.2. The van der Waals surface area contributed by atoms with Crippen molar-refractivity contribution in [3.63, 3.8) is 0 Å². The van der Waals surface area contributed by atoms with Crippen molar-refractivity contribution in [2.24, 2.45) is 7.05 Å². The van der Waals surface area contributed by atoms with Crippen molar-refractivity contribution in [1.29, 1.82) is 0 Å². The second-order valence-electron chi connectivity index (χ2n) is 8.85. The zero-order chi connectivity index (χ0) is 26.0. The molecule has 37 heavy (non-hydrogen) atoms. The molecule has 10 nitrogen and oxygen atoms in total. The highest BCUT2D eigenvalue weighted by Gasteiger charge is 2.20. The predicted octanol–water partition coefficient (Wildman–Crippen LogP) is 3.02. The molecular formula is C25H28FN7O3S. The van der Waals surface area contributed by atoms with Gasteiger partial charge in [0.25, 0.3) is 10.0 Å². The molecule has 0 aliphatic carbocycles. The molecule has 5 rings (SSSR count). The number of hydrogen-bond acceptors (Lipinski definition) is 8. The van der Waals surface area contributed by atoms with E-state index >= 15 is 0 Å². The van der Waals surface area contributed by atoms with Crippen molar-refractivity contribution in [2.75, 3.05) is 49.4 Å². The SMILES string of the molecule is Cc1cc(-c2nn(C)c3nc(NCCN4CCOCC4)ncc23)ccc1NS(=O)(=O)c1ccccc1F. The molecule has 2 aromatic carbocycles. The predicted molar refractivity (Wildman–Crippen MR) is 139 cm³/mol. The average molecular weight is 526 g/mol. The maximum absolute atomic E-state index is 14.1. The number of nitrogens with one attached hydrogen (secondary N) is 2. The Morgan fingerprint density at radius 3 is 2.68 bits per heavy atom. The second kappa shape index (κ2) is 10.4. The Balaban J connectivity index is 1.34. The van der Waals surface area contributed by atoms with Crippen molar-refractivity contribution in [2.45, 2.75) is 11.8 Å². The standard InChI is InChI=1S/C25H28FN7O3S/c1-17-15-18(7-8-21(17)31-37(34,35)22-6-4-3-5-20(22)26)23-19-16-28-25(29-24(19)32(2)30-23)27-9-10-33-11-13-36-14-12-33/h3-8,15-16,31H,9-14H2,1-2H3,(H,27,28,29). The summed E-state index contributed by atoms with van der Waals surface area (Å²) in [6.45, 7) is 6.76. The molecule has 1 aliphatic heterocycles. The summed E-state index contributed by atoms with van der Waals surface area (Å²) in [6.07, 6.45) is 1.74. The van der Waals surface area contributed by atoms with E-state index in [1.54, 1.807) is 29.9 Å². The zero-order valence-corrected chi connectivity index (χ0v) is 21.4. The molecule has 0 bridgehead atoms. The number of benzene rings is 2. The molecule has 0 atom stereocenters. The molecule has 2 N–H and O–H groups in total. The third-order valence-electron chi connectivity index (χ3n) is 6.27. The van der Waals surface area contributed by atoms with Crippen LogP contribution < -0.4 is 10.0 Å². The van der Waals surface area contributed by atoms with Crippen molar-refractivity contribution in [1.82, 2.24) is 24.6 Å². The van der Waals surface area contributed by atoms with Crippen molar-refractivity contribution < 1.29 is 17.5 Å². The molecule has 194 valence electrons. The number of halogens is 1. The van der Waals surface area contributed by atoms with Gasteiger partial charge >= 0.3 is 0 Å². The van der Waals surface area contributed by atoms with Gasteiger partial charge in [0.2, 0.25) is 5.95 Å². The van der Waals surface area contributed by atoms with E-state index in [-0.39, 0.29) is 0 Å². The lowest BCUT2D eigenvalue weighted by molar-refractivity contribution is 0.0398. The van der Waals surface area contributed by atoms with Crippen molar-refractivity contribution in [3.05, 3.63) is 60.0 Å². The molecule has 1 saturated heterocycles. The van der Waals surface area contributed by atoms with Crippen LogP contribution in [0.5, 0.6) is 0 Å². The van der Waals surface area contributed by atoms with Crippen molar-refractivity contribution in [3.8, 4) is 11.3 Å². The quantitative estimate of drug-likeness (QED) is 0.361. The van der Waals surface area contributed by atoms with E-state index in [0.717, 1.165) is 56.4 Å². The smallest absolute Gasteiger partial charge is 0.264 e. The minimum absolute atomic E-state index is 0.357. The van der Waals surface area contributed by atoms with Gasteiger partial charge in [-0.25, -0.2) is 22.5 Å². The topological polar surface area (TPSA) is 114 Å². The van der Waals surface area contributed by atoms with Crippen LogP contribution in [-0.2, 0) is 21.8 Å². The number of aryl methyl sites for hydroxylation is 2. The fraction of sp³-hybridized carbons (Fsp3) is 0.320. The molecule has 4 aromatic rings. The molecule has 2 aromatic heterocycles. The Kier molecular flexibility index (Phi) is 7.04. The van der Waals surface area contributed by atoms with E-state index in [1.165, 1.54) is 18.2 Å². The summed E-state index contributed by atoms with van der Waals surface area (Å²) in [5.74, 6) is -0.274. The molecule has 1 aliphatic rings. The van der Waals surface area contributed by atoms with Gasteiger partial charge in [0.1, 0.15) is 16.4 Å². The summed E-state index contributed by atoms with van der Waals surface area (Å²) in [5.41, 5.74) is 3.17. The van der Waals surface area contributed by atoms with E-state index < -0.39 is 20.7 Å². The van der Waals surface area contributed by atoms with Gasteiger partial charge in [-0.3, -0.25) is 9.62 Å². The monoisotopic (exact) mass is 525 g/mol. The van der Waals surface area contributed by atoms with Crippen molar-refractivity contribution >= 4 is 32.7 Å². The maximum atomic E-state index is 14.1. The molecule has 0 spiro atoms. The first kappa shape index (κ1) is 25.1. The molecule has 0 saturated carbocycles. The lowest BCUT2D eigenvalue weighted by Crippen LogP contribution is -2.39. The molecule has 3 heterocycles. The average Bonchev–Trinajstić information content (AvgIpc) is 3.22. The summed E-state index contributed by atoms with van der Waals surface area (Å²) in [5, 5.41) is 8.69. The van der Waals surface area contributed by atoms with E-state index in [1.807, 2.05) is 13.1 Å². The normalized spacial score (nSPS) is 14.7. The van der Waals surface area contributed by atoms with Crippen LogP contribution in [-0.4, -0.2) is 72.5 Å². The number of hydrogen-bond donors (Lipinski definition) is 2. The van der Waals surface area contributed by atoms with Crippen LogP contribution in [0.3, 0.4) is 0 Å². The fourth-order valence-electron chi connectivity index (χ4n) is 4.27. The van der Waals surface area contributed by atoms with Crippen LogP contribution in [0.25, 0.3) is 22.3 Å². The number of anilines is 2. The number of aromatic nitrogens is 4. The number of morpholine rings is 1. The van der Waals surface area contributed by atoms with E-state index in [2.05, 4.69) is 30.0 Å². The zero-order valence-electron chi connectivity index (χ0n) is 20.6. The van der Waals surface area contributed by atoms with Crippen LogP contribution in [0.1, 0.15) is 5.56 Å².